The van der Waals surface area contributed by atoms with Gasteiger partial charge >= 0.3 is 0 Å². The summed E-state index contributed by atoms with van der Waals surface area (Å²) < 4.78 is 13.2. The quantitative estimate of drug-likeness (QED) is 0.611. The Morgan fingerprint density at radius 3 is 2.44 bits per heavy atom. The molecule has 2 N–H and O–H groups in total. The Hall–Kier alpha value is -2.86. The second-order valence-electron chi connectivity index (χ2n) is 11.1. The van der Waals surface area contributed by atoms with E-state index in [1.165, 1.54) is 6.07 Å². The third kappa shape index (κ3) is 2.72. The average Bonchev–Trinajstić information content (AvgIpc) is 2.89. The molecule has 4 bridgehead atoms. The van der Waals surface area contributed by atoms with Gasteiger partial charge in [-0.3, -0.25) is 9.59 Å². The Morgan fingerprint density at radius 1 is 1.12 bits per heavy atom. The highest BCUT2D eigenvalue weighted by atomic mass is 16.6. The van der Waals surface area contributed by atoms with Gasteiger partial charge in [0.05, 0.1) is 5.60 Å². The van der Waals surface area contributed by atoms with Gasteiger partial charge in [-0.1, -0.05) is 29.4 Å². The van der Waals surface area contributed by atoms with Gasteiger partial charge in [-0.15, -0.1) is 0 Å². The van der Waals surface area contributed by atoms with Crippen molar-refractivity contribution in [1.82, 2.24) is 0 Å². The number of benzene rings is 1. The number of fused-ring (bicyclic) bond motifs is 1. The van der Waals surface area contributed by atoms with Crippen LogP contribution in [0, 0.1) is 11.8 Å². The Labute approximate surface area is 200 Å². The molecule has 2 aliphatic heterocycles. The van der Waals surface area contributed by atoms with E-state index in [1.807, 2.05) is 53.7 Å². The number of Topliss-reactive ketones (excluding diaryl/α,β-unsaturated/α-hetero) is 2. The lowest BCUT2D eigenvalue weighted by Gasteiger charge is -2.56. The Kier molecular flexibility index (Phi) is 4.77. The first kappa shape index (κ1) is 22.9. The maximum Gasteiger partial charge on any atom is 0.200 e. The van der Waals surface area contributed by atoms with Gasteiger partial charge in [-0.2, -0.15) is 0 Å². The van der Waals surface area contributed by atoms with E-state index in [1.54, 1.807) is 6.08 Å². The summed E-state index contributed by atoms with van der Waals surface area (Å²) in [5.74, 6) is -1.42. The lowest BCUT2D eigenvalue weighted by molar-refractivity contribution is -0.171. The van der Waals surface area contributed by atoms with Gasteiger partial charge in [0.15, 0.2) is 22.8 Å². The first-order valence-electron chi connectivity index (χ1n) is 11.9. The molecule has 6 rings (SSSR count). The lowest BCUT2D eigenvalue weighted by Crippen LogP contribution is -2.72. The summed E-state index contributed by atoms with van der Waals surface area (Å²) in [5, 5.41) is 21.8. The first-order chi connectivity index (χ1) is 15.9. The zero-order valence-corrected chi connectivity index (χ0v) is 20.6. The average molecular weight is 465 g/mol. The van der Waals surface area contributed by atoms with Gasteiger partial charge in [0.1, 0.15) is 22.8 Å². The zero-order chi connectivity index (χ0) is 24.8. The number of allylic oxidation sites excluding steroid dienone is 4. The van der Waals surface area contributed by atoms with Gasteiger partial charge in [-0.25, -0.2) is 0 Å². The van der Waals surface area contributed by atoms with Gasteiger partial charge < -0.3 is 19.7 Å². The molecular formula is C28H32O6. The SMILES string of the molecule is CC(C)=CCc1c(O)cc2c(c1O)C(=O)C1=C[C@@H]3C[C@H]4C(C)(C)OC(CC=C(C)C)(C3=O)[C@@]14O2. The van der Waals surface area contributed by atoms with Crippen molar-refractivity contribution in [3.63, 3.8) is 0 Å². The number of aromatic hydroxyl groups is 2. The number of phenols is 2. The van der Waals surface area contributed by atoms with Crippen molar-refractivity contribution in [2.45, 2.75) is 77.6 Å². The zero-order valence-electron chi connectivity index (χ0n) is 20.6. The fraction of sp³-hybridized carbons (Fsp3) is 0.500. The van der Waals surface area contributed by atoms with Crippen LogP contribution in [0.15, 0.2) is 41.0 Å². The highest BCUT2D eigenvalue weighted by molar-refractivity contribution is 6.18. The second-order valence-corrected chi connectivity index (χ2v) is 11.1. The topological polar surface area (TPSA) is 93.1 Å². The molecule has 1 saturated heterocycles. The summed E-state index contributed by atoms with van der Waals surface area (Å²) in [6.07, 6.45) is 6.69. The minimum Gasteiger partial charge on any atom is -0.507 e. The number of carbonyl (C=O) groups is 2. The molecule has 0 amide bonds. The monoisotopic (exact) mass is 464 g/mol. The summed E-state index contributed by atoms with van der Waals surface area (Å²) in [5.41, 5.74) is -0.569. The Balaban J connectivity index is 1.75. The first-order valence-corrected chi connectivity index (χ1v) is 11.9. The second kappa shape index (κ2) is 7.08. The van der Waals surface area contributed by atoms with Crippen molar-refractivity contribution in [3.8, 4) is 17.2 Å². The van der Waals surface area contributed by atoms with Gasteiger partial charge in [0, 0.05) is 35.5 Å². The van der Waals surface area contributed by atoms with E-state index >= 15 is 0 Å². The van der Waals surface area contributed by atoms with E-state index < -0.39 is 22.7 Å². The summed E-state index contributed by atoms with van der Waals surface area (Å²) in [7, 11) is 0. The number of ether oxygens (including phenoxy) is 2. The highest BCUT2D eigenvalue weighted by Crippen LogP contribution is 2.68. The van der Waals surface area contributed by atoms with E-state index in [4.69, 9.17) is 9.47 Å². The van der Waals surface area contributed by atoms with Crippen molar-refractivity contribution in [2.75, 3.05) is 0 Å². The number of hydrogen-bond acceptors (Lipinski definition) is 6. The van der Waals surface area contributed by atoms with Crippen molar-refractivity contribution >= 4 is 11.6 Å². The predicted molar refractivity (Wildman–Crippen MR) is 127 cm³/mol. The molecule has 2 fully saturated rings. The molecule has 1 unspecified atom stereocenters. The lowest BCUT2D eigenvalue weighted by atomic mass is 9.51. The Morgan fingerprint density at radius 2 is 1.79 bits per heavy atom. The molecule has 34 heavy (non-hydrogen) atoms. The van der Waals surface area contributed by atoms with Crippen molar-refractivity contribution in [1.29, 1.82) is 0 Å². The number of rotatable bonds is 4. The molecule has 2 heterocycles. The van der Waals surface area contributed by atoms with Crippen LogP contribution in [0.4, 0.5) is 0 Å². The van der Waals surface area contributed by atoms with E-state index in [-0.39, 0.29) is 52.3 Å². The van der Waals surface area contributed by atoms with Crippen LogP contribution in [-0.4, -0.2) is 38.6 Å². The van der Waals surface area contributed by atoms with Crippen LogP contribution >= 0.6 is 0 Å². The standard InChI is InChI=1S/C28H32O6/c1-14(2)7-8-17-19(29)13-20-22(23(17)30)24(31)18-11-16-12-21-26(5,6)34-27(25(16)32,10-9-15(3)4)28(18,21)33-20/h7,9,11,13,16,21,29-30H,8,10,12H2,1-6H3/t16-,21+,27?,28-/m1/s1. The number of carbonyl (C=O) groups excluding carboxylic acids is 2. The molecule has 1 aromatic rings. The third-order valence-electron chi connectivity index (χ3n) is 7.96. The van der Waals surface area contributed by atoms with Crippen molar-refractivity contribution in [3.05, 3.63) is 52.1 Å². The summed E-state index contributed by atoms with van der Waals surface area (Å²) >= 11 is 0. The van der Waals surface area contributed by atoms with Crippen LogP contribution in [0.3, 0.4) is 0 Å². The fourth-order valence-electron chi connectivity index (χ4n) is 6.47. The van der Waals surface area contributed by atoms with Gasteiger partial charge in [-0.05, 0) is 54.4 Å². The van der Waals surface area contributed by atoms with Gasteiger partial charge in [0.25, 0.3) is 0 Å². The van der Waals surface area contributed by atoms with Crippen LogP contribution in [0.1, 0.15) is 70.3 Å². The number of hydrogen-bond donors (Lipinski definition) is 2. The molecular weight excluding hydrogens is 432 g/mol. The molecule has 180 valence electrons. The fourth-order valence-corrected chi connectivity index (χ4v) is 6.47. The molecule has 4 atom stereocenters. The van der Waals surface area contributed by atoms with E-state index in [0.717, 1.165) is 11.1 Å². The van der Waals surface area contributed by atoms with Crippen molar-refractivity contribution < 1.29 is 29.3 Å². The molecule has 1 saturated carbocycles. The van der Waals surface area contributed by atoms with Crippen LogP contribution in [-0.2, 0) is 16.0 Å². The molecule has 1 aromatic carbocycles. The van der Waals surface area contributed by atoms with E-state index in [2.05, 4.69) is 0 Å². The van der Waals surface area contributed by atoms with E-state index in [9.17, 15) is 19.8 Å². The van der Waals surface area contributed by atoms with Crippen LogP contribution in [0.2, 0.25) is 0 Å². The van der Waals surface area contributed by atoms with E-state index in [0.29, 0.717) is 18.4 Å². The summed E-state index contributed by atoms with van der Waals surface area (Å²) in [4.78, 5) is 27.8. The van der Waals surface area contributed by atoms with Gasteiger partial charge in [0.2, 0.25) is 0 Å². The number of phenolic OH excluding ortho intramolecular Hbond substituents is 2. The smallest absolute Gasteiger partial charge is 0.200 e. The molecule has 6 nitrogen and oxygen atoms in total. The molecule has 0 radical (unpaired) electrons. The van der Waals surface area contributed by atoms with Crippen molar-refractivity contribution in [2.24, 2.45) is 11.8 Å². The van der Waals surface area contributed by atoms with Crippen LogP contribution in [0.25, 0.3) is 0 Å². The largest absolute Gasteiger partial charge is 0.507 e. The Bertz CT molecular complexity index is 1220. The maximum atomic E-state index is 14.0. The third-order valence-corrected chi connectivity index (χ3v) is 7.96. The highest BCUT2D eigenvalue weighted by Gasteiger charge is 2.81. The molecule has 3 aliphatic carbocycles. The molecule has 6 heteroatoms. The summed E-state index contributed by atoms with van der Waals surface area (Å²) in [6, 6.07) is 1.40. The maximum absolute atomic E-state index is 14.0. The molecule has 0 aromatic heterocycles. The normalized spacial score (nSPS) is 31.9. The molecule has 1 spiro atoms. The predicted octanol–water partition coefficient (Wildman–Crippen LogP) is 4.97. The summed E-state index contributed by atoms with van der Waals surface area (Å²) in [6.45, 7) is 11.7. The minimum atomic E-state index is -1.34. The number of ketones is 2. The van der Waals surface area contributed by atoms with Crippen LogP contribution in [0.5, 0.6) is 17.2 Å². The minimum absolute atomic E-state index is 0.0430. The van der Waals surface area contributed by atoms with Crippen LogP contribution < -0.4 is 4.74 Å². The molecule has 5 aliphatic rings.